The van der Waals surface area contributed by atoms with Gasteiger partial charge in [-0.15, -0.1) is 0 Å². The molecule has 28 heavy (non-hydrogen) atoms. The van der Waals surface area contributed by atoms with Crippen molar-refractivity contribution in [1.82, 2.24) is 5.32 Å². The van der Waals surface area contributed by atoms with Crippen LogP contribution in [0, 0.1) is 11.7 Å². The molecule has 0 radical (unpaired) electrons. The third-order valence-corrected chi connectivity index (χ3v) is 6.61. The van der Waals surface area contributed by atoms with Gasteiger partial charge in [-0.3, -0.25) is 9.59 Å². The summed E-state index contributed by atoms with van der Waals surface area (Å²) in [6.07, 6.45) is 0.312. The van der Waals surface area contributed by atoms with Crippen molar-refractivity contribution in [2.75, 3.05) is 16.6 Å². The van der Waals surface area contributed by atoms with E-state index in [4.69, 9.17) is 11.6 Å². The van der Waals surface area contributed by atoms with Crippen LogP contribution < -0.4 is 9.62 Å². The number of halogens is 2. The molecular formula is C19H18ClFN2O4S. The van der Waals surface area contributed by atoms with Crippen LogP contribution in [0.25, 0.3) is 0 Å². The zero-order valence-electron chi connectivity index (χ0n) is 15.0. The zero-order valence-corrected chi connectivity index (χ0v) is 16.6. The maximum atomic E-state index is 13.6. The molecule has 1 N–H and O–H groups in total. The maximum Gasteiger partial charge on any atom is 0.252 e. The minimum Gasteiger partial charge on any atom is -0.352 e. The van der Waals surface area contributed by atoms with Gasteiger partial charge in [-0.25, -0.2) is 17.1 Å². The van der Waals surface area contributed by atoms with Gasteiger partial charge in [0.15, 0.2) is 0 Å². The molecule has 1 heterocycles. The summed E-state index contributed by atoms with van der Waals surface area (Å²) in [5, 5.41) is 2.66. The number of rotatable bonds is 5. The average Bonchev–Trinajstić information content (AvgIpc) is 2.83. The Morgan fingerprint density at radius 2 is 2.00 bits per heavy atom. The molecule has 2 aromatic carbocycles. The summed E-state index contributed by atoms with van der Waals surface area (Å²) < 4.78 is 38.7. The summed E-state index contributed by atoms with van der Waals surface area (Å²) in [6.45, 7) is 1.74. The number of nitrogens with one attached hydrogen (secondary N) is 1. The normalized spacial score (nSPS) is 18.3. The number of amides is 2. The number of sulfonamides is 1. The van der Waals surface area contributed by atoms with Gasteiger partial charge < -0.3 is 5.32 Å². The lowest BCUT2D eigenvalue weighted by atomic mass is 10.1. The summed E-state index contributed by atoms with van der Waals surface area (Å²) in [5.41, 5.74) is 0.717. The minimum atomic E-state index is -3.75. The number of anilines is 1. The first-order chi connectivity index (χ1) is 13.2. The van der Waals surface area contributed by atoms with Gasteiger partial charge >= 0.3 is 0 Å². The summed E-state index contributed by atoms with van der Waals surface area (Å²) in [7, 11) is -3.75. The number of carbonyl (C=O) groups excluding carboxylic acids is 2. The third kappa shape index (κ3) is 4.02. The monoisotopic (exact) mass is 424 g/mol. The Labute approximate surface area is 167 Å². The molecule has 3 rings (SSSR count). The highest BCUT2D eigenvalue weighted by atomic mass is 35.5. The standard InChI is InChI=1S/C19H18ClFN2O4S/c1-12-11-28(26,27)23(19(12)25)14-6-7-15(16(20)10-14)18(24)22-9-8-13-4-2-3-5-17(13)21/h2-7,10,12H,8-9,11H2,1H3,(H,22,24). The van der Waals surface area contributed by atoms with Gasteiger partial charge in [0.25, 0.3) is 5.91 Å². The van der Waals surface area contributed by atoms with Crippen LogP contribution in [-0.4, -0.2) is 32.5 Å². The molecule has 0 aromatic heterocycles. The maximum absolute atomic E-state index is 13.6. The highest BCUT2D eigenvalue weighted by Gasteiger charge is 2.42. The van der Waals surface area contributed by atoms with Crippen molar-refractivity contribution in [3.8, 4) is 0 Å². The topological polar surface area (TPSA) is 83.6 Å². The zero-order chi connectivity index (χ0) is 20.5. The van der Waals surface area contributed by atoms with Gasteiger partial charge in [0.2, 0.25) is 15.9 Å². The van der Waals surface area contributed by atoms with E-state index in [0.29, 0.717) is 12.0 Å². The molecule has 1 atom stereocenters. The van der Waals surface area contributed by atoms with Gasteiger partial charge in [0.1, 0.15) is 5.82 Å². The van der Waals surface area contributed by atoms with Crippen LogP contribution in [-0.2, 0) is 21.2 Å². The summed E-state index contributed by atoms with van der Waals surface area (Å²) in [4.78, 5) is 24.5. The Balaban J connectivity index is 1.71. The molecule has 6 nitrogen and oxygen atoms in total. The molecule has 1 fully saturated rings. The Morgan fingerprint density at radius 1 is 1.29 bits per heavy atom. The summed E-state index contributed by atoms with van der Waals surface area (Å²) in [6, 6.07) is 10.3. The second-order valence-corrected chi connectivity index (χ2v) is 8.81. The van der Waals surface area contributed by atoms with Crippen LogP contribution in [0.4, 0.5) is 10.1 Å². The van der Waals surface area contributed by atoms with E-state index in [1.807, 2.05) is 0 Å². The van der Waals surface area contributed by atoms with E-state index >= 15 is 0 Å². The SMILES string of the molecule is CC1CS(=O)(=O)N(c2ccc(C(=O)NCCc3ccccc3F)c(Cl)c2)C1=O. The molecule has 0 spiro atoms. The Kier molecular flexibility index (Phi) is 5.71. The number of hydrogen-bond acceptors (Lipinski definition) is 4. The Morgan fingerprint density at radius 3 is 2.61 bits per heavy atom. The number of benzene rings is 2. The quantitative estimate of drug-likeness (QED) is 0.800. The molecule has 1 aliphatic rings. The fourth-order valence-electron chi connectivity index (χ4n) is 3.01. The van der Waals surface area contributed by atoms with Crippen LogP contribution in [0.2, 0.25) is 5.02 Å². The Hall–Kier alpha value is -2.45. The highest BCUT2D eigenvalue weighted by Crippen LogP contribution is 2.31. The van der Waals surface area contributed by atoms with Crippen molar-refractivity contribution >= 4 is 39.1 Å². The molecule has 2 amide bonds. The van der Waals surface area contributed by atoms with E-state index in [0.717, 1.165) is 4.31 Å². The van der Waals surface area contributed by atoms with Crippen molar-refractivity contribution in [2.45, 2.75) is 13.3 Å². The average molecular weight is 425 g/mol. The highest BCUT2D eigenvalue weighted by molar-refractivity contribution is 7.94. The van der Waals surface area contributed by atoms with E-state index in [9.17, 15) is 22.4 Å². The molecular weight excluding hydrogens is 407 g/mol. The first-order valence-electron chi connectivity index (χ1n) is 8.58. The lowest BCUT2D eigenvalue weighted by Gasteiger charge is -2.16. The molecule has 0 bridgehead atoms. The minimum absolute atomic E-state index is 0.0171. The predicted molar refractivity (Wildman–Crippen MR) is 104 cm³/mol. The molecule has 1 aliphatic heterocycles. The summed E-state index contributed by atoms with van der Waals surface area (Å²) >= 11 is 6.15. The van der Waals surface area contributed by atoms with Crippen molar-refractivity contribution < 1.29 is 22.4 Å². The Bertz CT molecular complexity index is 1040. The first-order valence-corrected chi connectivity index (χ1v) is 10.6. The van der Waals surface area contributed by atoms with Crippen LogP contribution in [0.1, 0.15) is 22.8 Å². The fraction of sp³-hybridized carbons (Fsp3) is 0.263. The van der Waals surface area contributed by atoms with E-state index < -0.39 is 27.8 Å². The molecule has 0 saturated carbocycles. The van der Waals surface area contributed by atoms with Crippen LogP contribution in [0.5, 0.6) is 0 Å². The second kappa shape index (κ2) is 7.89. The van der Waals surface area contributed by atoms with Crippen LogP contribution in [0.3, 0.4) is 0 Å². The van der Waals surface area contributed by atoms with Crippen molar-refractivity contribution in [3.05, 3.63) is 64.4 Å². The van der Waals surface area contributed by atoms with E-state index in [1.165, 1.54) is 24.3 Å². The third-order valence-electron chi connectivity index (χ3n) is 4.43. The predicted octanol–water partition coefficient (Wildman–Crippen LogP) is 2.76. The molecule has 1 saturated heterocycles. The first kappa shape index (κ1) is 20.3. The van der Waals surface area contributed by atoms with E-state index in [1.54, 1.807) is 25.1 Å². The number of nitrogens with zero attached hydrogens (tertiary/aromatic N) is 1. The van der Waals surface area contributed by atoms with Gasteiger partial charge in [-0.1, -0.05) is 36.7 Å². The number of carbonyl (C=O) groups is 2. The van der Waals surface area contributed by atoms with Crippen LogP contribution in [0.15, 0.2) is 42.5 Å². The number of hydrogen-bond donors (Lipinski definition) is 1. The van der Waals surface area contributed by atoms with Gasteiger partial charge in [-0.05, 0) is 36.2 Å². The van der Waals surface area contributed by atoms with Gasteiger partial charge in [0.05, 0.1) is 27.9 Å². The van der Waals surface area contributed by atoms with Crippen molar-refractivity contribution in [3.63, 3.8) is 0 Å². The van der Waals surface area contributed by atoms with Crippen molar-refractivity contribution in [1.29, 1.82) is 0 Å². The van der Waals surface area contributed by atoms with Gasteiger partial charge in [-0.2, -0.15) is 0 Å². The molecule has 9 heteroatoms. The largest absolute Gasteiger partial charge is 0.352 e. The smallest absolute Gasteiger partial charge is 0.252 e. The van der Waals surface area contributed by atoms with Crippen LogP contribution >= 0.6 is 11.6 Å². The molecule has 148 valence electrons. The van der Waals surface area contributed by atoms with E-state index in [-0.39, 0.29) is 34.4 Å². The van der Waals surface area contributed by atoms with Crippen molar-refractivity contribution in [2.24, 2.45) is 5.92 Å². The van der Waals surface area contributed by atoms with Gasteiger partial charge in [0, 0.05) is 6.54 Å². The lowest BCUT2D eigenvalue weighted by molar-refractivity contribution is -0.119. The molecule has 0 aliphatic carbocycles. The summed E-state index contributed by atoms with van der Waals surface area (Å²) in [5.74, 6) is -2.24. The van der Waals surface area contributed by atoms with E-state index in [2.05, 4.69) is 5.32 Å². The second-order valence-electron chi connectivity index (χ2n) is 6.54. The fourth-order valence-corrected chi connectivity index (χ4v) is 5.08. The lowest BCUT2D eigenvalue weighted by Crippen LogP contribution is -2.30. The molecule has 1 unspecified atom stereocenters. The molecule has 2 aromatic rings.